The minimum atomic E-state index is 0.280. The van der Waals surface area contributed by atoms with Crippen molar-refractivity contribution in [2.24, 2.45) is 0 Å². The molecule has 0 saturated carbocycles. The Morgan fingerprint density at radius 2 is 1.08 bits per heavy atom. The Kier molecular flexibility index (Phi) is 6.26. The SMILES string of the molecule is CCC(S)c1ccc(N(c2ccc(Br)cc2)c2ccc(Br)cc2)cc1. The highest BCUT2D eigenvalue weighted by molar-refractivity contribution is 9.10. The Hall–Kier alpha value is -1.23. The van der Waals surface area contributed by atoms with Gasteiger partial charge in [-0.15, -0.1) is 0 Å². The Morgan fingerprint density at radius 1 is 0.720 bits per heavy atom. The number of anilines is 3. The average Bonchev–Trinajstić information content (AvgIpc) is 2.65. The van der Waals surface area contributed by atoms with Crippen LogP contribution in [-0.4, -0.2) is 0 Å². The van der Waals surface area contributed by atoms with Gasteiger partial charge in [-0.05, 0) is 72.6 Å². The molecule has 0 bridgehead atoms. The van der Waals surface area contributed by atoms with Crippen LogP contribution in [0.5, 0.6) is 0 Å². The van der Waals surface area contributed by atoms with E-state index >= 15 is 0 Å². The summed E-state index contributed by atoms with van der Waals surface area (Å²) in [5, 5.41) is 0.280. The van der Waals surface area contributed by atoms with Crippen LogP contribution in [-0.2, 0) is 0 Å². The van der Waals surface area contributed by atoms with E-state index in [1.165, 1.54) is 5.56 Å². The zero-order valence-corrected chi connectivity index (χ0v) is 17.9. The van der Waals surface area contributed by atoms with E-state index in [-0.39, 0.29) is 5.25 Å². The molecule has 0 saturated heterocycles. The summed E-state index contributed by atoms with van der Waals surface area (Å²) >= 11 is 11.7. The highest BCUT2D eigenvalue weighted by Gasteiger charge is 2.13. The smallest absolute Gasteiger partial charge is 0.0462 e. The number of hydrogen-bond acceptors (Lipinski definition) is 2. The molecule has 0 aliphatic carbocycles. The van der Waals surface area contributed by atoms with E-state index in [1.807, 2.05) is 0 Å². The third kappa shape index (κ3) is 4.49. The van der Waals surface area contributed by atoms with Gasteiger partial charge in [0.05, 0.1) is 0 Å². The molecule has 4 heteroatoms. The molecule has 0 heterocycles. The second-order valence-electron chi connectivity index (χ2n) is 5.80. The monoisotopic (exact) mass is 475 g/mol. The molecular weight excluding hydrogens is 458 g/mol. The molecule has 0 fully saturated rings. The molecule has 1 nitrogen and oxygen atoms in total. The molecule has 0 N–H and O–H groups in total. The molecule has 3 rings (SSSR count). The van der Waals surface area contributed by atoms with Crippen molar-refractivity contribution >= 4 is 61.6 Å². The quantitative estimate of drug-likeness (QED) is 0.364. The lowest BCUT2D eigenvalue weighted by molar-refractivity contribution is 0.902. The van der Waals surface area contributed by atoms with Crippen LogP contribution in [0.15, 0.2) is 81.7 Å². The van der Waals surface area contributed by atoms with E-state index in [9.17, 15) is 0 Å². The van der Waals surface area contributed by atoms with Crippen molar-refractivity contribution in [2.45, 2.75) is 18.6 Å². The molecule has 25 heavy (non-hydrogen) atoms. The molecule has 0 aromatic heterocycles. The molecule has 0 aliphatic heterocycles. The van der Waals surface area contributed by atoms with E-state index in [0.717, 1.165) is 32.4 Å². The molecule has 1 unspecified atom stereocenters. The third-order valence-electron chi connectivity index (χ3n) is 4.09. The highest BCUT2D eigenvalue weighted by Crippen LogP contribution is 2.36. The molecule has 128 valence electrons. The van der Waals surface area contributed by atoms with Gasteiger partial charge in [0.25, 0.3) is 0 Å². The topological polar surface area (TPSA) is 3.24 Å². The van der Waals surface area contributed by atoms with Crippen LogP contribution >= 0.6 is 44.5 Å². The van der Waals surface area contributed by atoms with Crippen LogP contribution in [0.4, 0.5) is 17.1 Å². The van der Waals surface area contributed by atoms with Crippen LogP contribution in [0.25, 0.3) is 0 Å². The van der Waals surface area contributed by atoms with Gasteiger partial charge in [-0.1, -0.05) is 50.9 Å². The van der Waals surface area contributed by atoms with Gasteiger partial charge in [-0.2, -0.15) is 12.6 Å². The summed E-state index contributed by atoms with van der Waals surface area (Å²) in [6.07, 6.45) is 1.02. The van der Waals surface area contributed by atoms with Crippen molar-refractivity contribution in [1.82, 2.24) is 0 Å². The molecule has 3 aromatic rings. The Bertz CT molecular complexity index is 769. The molecule has 3 aromatic carbocycles. The molecule has 1 atom stereocenters. The fourth-order valence-corrected chi connectivity index (χ4v) is 3.41. The van der Waals surface area contributed by atoms with Gasteiger partial charge in [0.2, 0.25) is 0 Å². The van der Waals surface area contributed by atoms with Gasteiger partial charge >= 0.3 is 0 Å². The van der Waals surface area contributed by atoms with E-state index < -0.39 is 0 Å². The number of nitrogens with zero attached hydrogens (tertiary/aromatic N) is 1. The molecule has 0 spiro atoms. The summed E-state index contributed by atoms with van der Waals surface area (Å²) in [5.74, 6) is 0. The number of rotatable bonds is 5. The van der Waals surface area contributed by atoms with Gasteiger partial charge in [0.15, 0.2) is 0 Å². The maximum atomic E-state index is 4.64. The Balaban J connectivity index is 2.04. The first kappa shape index (κ1) is 18.6. The summed E-state index contributed by atoms with van der Waals surface area (Å²) in [7, 11) is 0. The maximum Gasteiger partial charge on any atom is 0.0462 e. The van der Waals surface area contributed by atoms with Crippen LogP contribution in [0, 0.1) is 0 Å². The molecule has 0 amide bonds. The van der Waals surface area contributed by atoms with Crippen molar-refractivity contribution in [3.8, 4) is 0 Å². The molecular formula is C21H19Br2NS. The zero-order chi connectivity index (χ0) is 17.8. The van der Waals surface area contributed by atoms with Crippen LogP contribution in [0.2, 0.25) is 0 Å². The third-order valence-corrected chi connectivity index (χ3v) is 5.81. The van der Waals surface area contributed by atoms with Crippen LogP contribution in [0.3, 0.4) is 0 Å². The van der Waals surface area contributed by atoms with E-state index in [0.29, 0.717) is 0 Å². The lowest BCUT2D eigenvalue weighted by Crippen LogP contribution is -2.09. The second-order valence-corrected chi connectivity index (χ2v) is 8.26. The van der Waals surface area contributed by atoms with E-state index in [2.05, 4.69) is 129 Å². The van der Waals surface area contributed by atoms with Gasteiger partial charge in [0, 0.05) is 31.3 Å². The predicted octanol–water partition coefficient (Wildman–Crippen LogP) is 8.06. The largest absolute Gasteiger partial charge is 0.311 e. The van der Waals surface area contributed by atoms with Crippen molar-refractivity contribution in [3.63, 3.8) is 0 Å². The molecule has 0 aliphatic rings. The average molecular weight is 477 g/mol. The first-order valence-electron chi connectivity index (χ1n) is 8.18. The number of halogens is 2. The zero-order valence-electron chi connectivity index (χ0n) is 13.9. The van der Waals surface area contributed by atoms with Crippen molar-refractivity contribution < 1.29 is 0 Å². The van der Waals surface area contributed by atoms with Gasteiger partial charge in [-0.3, -0.25) is 0 Å². The first-order valence-corrected chi connectivity index (χ1v) is 10.3. The normalized spacial score (nSPS) is 12.0. The van der Waals surface area contributed by atoms with Gasteiger partial charge < -0.3 is 4.90 Å². The van der Waals surface area contributed by atoms with Gasteiger partial charge in [-0.25, -0.2) is 0 Å². The lowest BCUT2D eigenvalue weighted by Gasteiger charge is -2.26. The predicted molar refractivity (Wildman–Crippen MR) is 119 cm³/mol. The minimum absolute atomic E-state index is 0.280. The fourth-order valence-electron chi connectivity index (χ4n) is 2.71. The van der Waals surface area contributed by atoms with Crippen LogP contribution < -0.4 is 4.90 Å². The van der Waals surface area contributed by atoms with Crippen molar-refractivity contribution in [1.29, 1.82) is 0 Å². The Labute approximate surface area is 171 Å². The highest BCUT2D eigenvalue weighted by atomic mass is 79.9. The first-order chi connectivity index (χ1) is 12.1. The van der Waals surface area contributed by atoms with E-state index in [4.69, 9.17) is 0 Å². The fraction of sp³-hybridized carbons (Fsp3) is 0.143. The maximum absolute atomic E-state index is 4.64. The second kappa shape index (κ2) is 8.43. The van der Waals surface area contributed by atoms with Gasteiger partial charge in [0.1, 0.15) is 0 Å². The standard InChI is InChI=1S/C21H19Br2NS/c1-2-21(25)15-3-9-18(10-4-15)24(19-11-5-16(22)6-12-19)20-13-7-17(23)8-14-20/h3-14,21,25H,2H2,1H3. The number of thiol groups is 1. The summed E-state index contributed by atoms with van der Waals surface area (Å²) in [5.41, 5.74) is 4.62. The summed E-state index contributed by atoms with van der Waals surface area (Å²) in [6, 6.07) is 25.4. The molecule has 0 radical (unpaired) electrons. The minimum Gasteiger partial charge on any atom is -0.311 e. The lowest BCUT2D eigenvalue weighted by atomic mass is 10.1. The summed E-state index contributed by atoms with van der Waals surface area (Å²) in [4.78, 5) is 2.25. The summed E-state index contributed by atoms with van der Waals surface area (Å²) in [6.45, 7) is 2.15. The Morgan fingerprint density at radius 3 is 1.44 bits per heavy atom. The van der Waals surface area contributed by atoms with Crippen LogP contribution in [0.1, 0.15) is 24.2 Å². The number of hydrogen-bond donors (Lipinski definition) is 1. The van der Waals surface area contributed by atoms with Crippen molar-refractivity contribution in [3.05, 3.63) is 87.3 Å². The summed E-state index contributed by atoms with van der Waals surface area (Å²) < 4.78 is 2.14. The van der Waals surface area contributed by atoms with Crippen molar-refractivity contribution in [2.75, 3.05) is 4.90 Å². The van der Waals surface area contributed by atoms with E-state index in [1.54, 1.807) is 0 Å². The number of benzene rings is 3.